The Kier molecular flexibility index (Phi) is 8.38. The van der Waals surface area contributed by atoms with Gasteiger partial charge in [-0.3, -0.25) is 9.59 Å². The molecule has 0 bridgehead atoms. The second kappa shape index (κ2) is 11.2. The fourth-order valence-corrected chi connectivity index (χ4v) is 4.91. The average Bonchev–Trinajstić information content (AvgIpc) is 2.81. The minimum Gasteiger partial charge on any atom is -0.351 e. The van der Waals surface area contributed by atoms with Crippen LogP contribution >= 0.6 is 11.8 Å². The molecule has 0 aliphatic heterocycles. The van der Waals surface area contributed by atoms with Crippen LogP contribution in [0, 0.1) is 0 Å². The van der Waals surface area contributed by atoms with Crippen LogP contribution in [0.2, 0.25) is 0 Å². The molecule has 3 rings (SSSR count). The van der Waals surface area contributed by atoms with Crippen molar-refractivity contribution in [1.29, 1.82) is 0 Å². The fraction of sp³-hybridized carbons (Fsp3) is 0.440. The Bertz CT molecular complexity index is 834. The smallest absolute Gasteiger partial charge is 0.252 e. The lowest BCUT2D eigenvalue weighted by Gasteiger charge is -2.31. The molecule has 30 heavy (non-hydrogen) atoms. The predicted octanol–water partition coefficient (Wildman–Crippen LogP) is 5.10. The van der Waals surface area contributed by atoms with Crippen LogP contribution in [-0.4, -0.2) is 42.1 Å². The van der Waals surface area contributed by atoms with E-state index in [9.17, 15) is 9.59 Å². The largest absolute Gasteiger partial charge is 0.351 e. The summed E-state index contributed by atoms with van der Waals surface area (Å²) in [6.45, 7) is 2.68. The lowest BCUT2D eigenvalue weighted by molar-refractivity contribution is -0.129. The first-order valence-electron chi connectivity index (χ1n) is 10.9. The minimum atomic E-state index is -0.0889. The van der Waals surface area contributed by atoms with Gasteiger partial charge in [0.05, 0.1) is 11.3 Å². The van der Waals surface area contributed by atoms with Crippen LogP contribution < -0.4 is 5.32 Å². The third-order valence-electron chi connectivity index (χ3n) is 5.94. The molecule has 0 saturated heterocycles. The van der Waals surface area contributed by atoms with Crippen LogP contribution in [0.3, 0.4) is 0 Å². The van der Waals surface area contributed by atoms with Gasteiger partial charge in [-0.05, 0) is 36.5 Å². The Balaban J connectivity index is 1.55. The van der Waals surface area contributed by atoms with Gasteiger partial charge in [-0.15, -0.1) is 11.8 Å². The van der Waals surface area contributed by atoms with Crippen molar-refractivity contribution in [1.82, 2.24) is 10.2 Å². The van der Waals surface area contributed by atoms with Gasteiger partial charge in [0.2, 0.25) is 5.91 Å². The van der Waals surface area contributed by atoms with Crippen LogP contribution in [-0.2, 0) is 4.79 Å². The Morgan fingerprint density at radius 1 is 1.03 bits per heavy atom. The molecule has 1 N–H and O–H groups in total. The van der Waals surface area contributed by atoms with Crippen molar-refractivity contribution in [2.75, 3.05) is 19.3 Å². The van der Waals surface area contributed by atoms with Gasteiger partial charge in [0.25, 0.3) is 5.91 Å². The molecule has 0 radical (unpaired) electrons. The first kappa shape index (κ1) is 22.4. The molecular weight excluding hydrogens is 392 g/mol. The Morgan fingerprint density at radius 3 is 2.43 bits per heavy atom. The fourth-order valence-electron chi connectivity index (χ4n) is 3.93. The maximum absolute atomic E-state index is 12.8. The Morgan fingerprint density at radius 2 is 1.70 bits per heavy atom. The standard InChI is InChI=1S/C25H32N2O2S/c1-19(20-11-5-3-6-12-20)17-26-25(29)22-15-9-10-16-23(22)30-18-24(28)27(2)21-13-7-4-8-14-21/h3,5-6,9-12,15-16,19,21H,4,7-8,13-14,17-18H2,1-2H3,(H,26,29). The van der Waals surface area contributed by atoms with Crippen molar-refractivity contribution < 1.29 is 9.59 Å². The molecule has 1 saturated carbocycles. The average molecular weight is 425 g/mol. The third-order valence-corrected chi connectivity index (χ3v) is 6.99. The highest BCUT2D eigenvalue weighted by Gasteiger charge is 2.22. The van der Waals surface area contributed by atoms with E-state index in [2.05, 4.69) is 24.4 Å². The summed E-state index contributed by atoms with van der Waals surface area (Å²) in [6, 6.07) is 18.1. The van der Waals surface area contributed by atoms with E-state index in [1.165, 1.54) is 36.6 Å². The van der Waals surface area contributed by atoms with E-state index >= 15 is 0 Å². The lowest BCUT2D eigenvalue weighted by Crippen LogP contribution is -2.39. The number of amides is 2. The molecular formula is C25H32N2O2S. The number of hydrogen-bond acceptors (Lipinski definition) is 3. The Labute approximate surface area is 184 Å². The lowest BCUT2D eigenvalue weighted by atomic mass is 9.94. The van der Waals surface area contributed by atoms with Gasteiger partial charge in [0, 0.05) is 24.5 Å². The third kappa shape index (κ3) is 6.11. The van der Waals surface area contributed by atoms with Gasteiger partial charge in [0.15, 0.2) is 0 Å². The molecule has 0 heterocycles. The number of carbonyl (C=O) groups is 2. The molecule has 1 unspecified atom stereocenters. The van der Waals surface area contributed by atoms with Gasteiger partial charge < -0.3 is 10.2 Å². The van der Waals surface area contributed by atoms with Crippen molar-refractivity contribution >= 4 is 23.6 Å². The van der Waals surface area contributed by atoms with Crippen molar-refractivity contribution in [3.63, 3.8) is 0 Å². The number of carbonyl (C=O) groups excluding carboxylic acids is 2. The van der Waals surface area contributed by atoms with E-state index < -0.39 is 0 Å². The van der Waals surface area contributed by atoms with E-state index in [0.717, 1.165) is 17.7 Å². The van der Waals surface area contributed by atoms with Crippen molar-refractivity contribution in [2.24, 2.45) is 0 Å². The zero-order valence-electron chi connectivity index (χ0n) is 18.0. The molecule has 1 fully saturated rings. The summed E-state index contributed by atoms with van der Waals surface area (Å²) in [4.78, 5) is 28.2. The second-order valence-electron chi connectivity index (χ2n) is 8.10. The van der Waals surface area contributed by atoms with E-state index in [0.29, 0.717) is 23.9 Å². The highest BCUT2D eigenvalue weighted by molar-refractivity contribution is 8.00. The molecule has 160 valence electrons. The first-order valence-corrected chi connectivity index (χ1v) is 11.9. The Hall–Kier alpha value is -2.27. The molecule has 2 aromatic rings. The van der Waals surface area contributed by atoms with E-state index in [1.54, 1.807) is 0 Å². The van der Waals surface area contributed by atoms with Gasteiger partial charge in [0.1, 0.15) is 0 Å². The first-order chi connectivity index (χ1) is 14.6. The molecule has 0 spiro atoms. The highest BCUT2D eigenvalue weighted by atomic mass is 32.2. The highest BCUT2D eigenvalue weighted by Crippen LogP contribution is 2.26. The van der Waals surface area contributed by atoms with E-state index in [-0.39, 0.29) is 17.7 Å². The number of nitrogens with one attached hydrogen (secondary N) is 1. The molecule has 1 aliphatic rings. The SMILES string of the molecule is CC(CNC(=O)c1ccccc1SCC(=O)N(C)C1CCCCC1)c1ccccc1. The van der Waals surface area contributed by atoms with E-state index in [1.807, 2.05) is 54.4 Å². The summed E-state index contributed by atoms with van der Waals surface area (Å²) >= 11 is 1.45. The van der Waals surface area contributed by atoms with Crippen LogP contribution in [0.25, 0.3) is 0 Å². The topological polar surface area (TPSA) is 49.4 Å². The molecule has 0 aromatic heterocycles. The molecule has 5 heteroatoms. The summed E-state index contributed by atoms with van der Waals surface area (Å²) in [5.41, 5.74) is 1.84. The minimum absolute atomic E-state index is 0.0889. The quantitative estimate of drug-likeness (QED) is 0.600. The van der Waals surface area contributed by atoms with Gasteiger partial charge in [-0.2, -0.15) is 0 Å². The van der Waals surface area contributed by atoms with Crippen molar-refractivity contribution in [3.8, 4) is 0 Å². The van der Waals surface area contributed by atoms with Gasteiger partial charge >= 0.3 is 0 Å². The zero-order valence-corrected chi connectivity index (χ0v) is 18.8. The normalized spacial score (nSPS) is 15.4. The van der Waals surface area contributed by atoms with Crippen LogP contribution in [0.15, 0.2) is 59.5 Å². The van der Waals surface area contributed by atoms with Crippen molar-refractivity contribution in [2.45, 2.75) is 55.9 Å². The van der Waals surface area contributed by atoms with Gasteiger partial charge in [-0.1, -0.05) is 68.7 Å². The monoisotopic (exact) mass is 424 g/mol. The number of rotatable bonds is 8. The van der Waals surface area contributed by atoms with Crippen LogP contribution in [0.1, 0.15) is 60.9 Å². The number of hydrogen-bond donors (Lipinski definition) is 1. The molecule has 1 atom stereocenters. The maximum atomic E-state index is 12.8. The number of thioether (sulfide) groups is 1. The molecule has 2 amide bonds. The predicted molar refractivity (Wildman–Crippen MR) is 124 cm³/mol. The van der Waals surface area contributed by atoms with Crippen molar-refractivity contribution in [3.05, 3.63) is 65.7 Å². The van der Waals surface area contributed by atoms with Crippen LogP contribution in [0.4, 0.5) is 0 Å². The summed E-state index contributed by atoms with van der Waals surface area (Å²) in [5, 5.41) is 3.05. The summed E-state index contributed by atoms with van der Waals surface area (Å²) < 4.78 is 0. The maximum Gasteiger partial charge on any atom is 0.252 e. The summed E-state index contributed by atoms with van der Waals surface area (Å²) in [7, 11) is 1.92. The second-order valence-corrected chi connectivity index (χ2v) is 9.12. The number of nitrogens with zero attached hydrogens (tertiary/aromatic N) is 1. The van der Waals surface area contributed by atoms with Crippen LogP contribution in [0.5, 0.6) is 0 Å². The molecule has 2 aromatic carbocycles. The molecule has 1 aliphatic carbocycles. The molecule has 4 nitrogen and oxygen atoms in total. The zero-order chi connectivity index (χ0) is 21.3. The number of benzene rings is 2. The van der Waals surface area contributed by atoms with Gasteiger partial charge in [-0.25, -0.2) is 0 Å². The summed E-state index contributed by atoms with van der Waals surface area (Å²) in [5.74, 6) is 0.645. The summed E-state index contributed by atoms with van der Waals surface area (Å²) in [6.07, 6.45) is 5.90. The van der Waals surface area contributed by atoms with E-state index in [4.69, 9.17) is 0 Å².